The average molecular weight is 249 g/mol. The number of amides is 1. The third-order valence-electron chi connectivity index (χ3n) is 2.82. The van der Waals surface area contributed by atoms with Gasteiger partial charge in [0.2, 0.25) is 5.91 Å². The van der Waals surface area contributed by atoms with Crippen molar-refractivity contribution >= 4 is 17.3 Å². The SMILES string of the molecule is O=C(CNc1ccc([N+](=O)[O-])cc1)NCC1CC1. The van der Waals surface area contributed by atoms with Crippen molar-refractivity contribution in [2.45, 2.75) is 12.8 Å². The monoisotopic (exact) mass is 249 g/mol. The number of nitro groups is 1. The first-order valence-corrected chi connectivity index (χ1v) is 5.90. The first kappa shape index (κ1) is 12.3. The predicted octanol–water partition coefficient (Wildman–Crippen LogP) is 1.53. The molecule has 1 fully saturated rings. The fourth-order valence-corrected chi connectivity index (χ4v) is 1.53. The quantitative estimate of drug-likeness (QED) is 0.591. The van der Waals surface area contributed by atoms with Gasteiger partial charge in [-0.05, 0) is 30.9 Å². The van der Waals surface area contributed by atoms with Crippen LogP contribution in [0.15, 0.2) is 24.3 Å². The van der Waals surface area contributed by atoms with Crippen LogP contribution in [-0.2, 0) is 4.79 Å². The molecule has 1 aromatic rings. The molecule has 1 aromatic carbocycles. The van der Waals surface area contributed by atoms with Crippen molar-refractivity contribution in [3.05, 3.63) is 34.4 Å². The van der Waals surface area contributed by atoms with Crippen LogP contribution in [0.1, 0.15) is 12.8 Å². The summed E-state index contributed by atoms with van der Waals surface area (Å²) in [5, 5.41) is 16.2. The minimum absolute atomic E-state index is 0.0405. The minimum atomic E-state index is -0.452. The van der Waals surface area contributed by atoms with E-state index in [1.54, 1.807) is 12.1 Å². The third kappa shape index (κ3) is 3.73. The first-order chi connectivity index (χ1) is 8.65. The first-order valence-electron chi connectivity index (χ1n) is 5.90. The molecule has 6 heteroatoms. The Morgan fingerprint density at radius 2 is 2.00 bits per heavy atom. The van der Waals surface area contributed by atoms with Crippen LogP contribution < -0.4 is 10.6 Å². The minimum Gasteiger partial charge on any atom is -0.376 e. The van der Waals surface area contributed by atoms with Crippen molar-refractivity contribution in [1.82, 2.24) is 5.32 Å². The highest BCUT2D eigenvalue weighted by Crippen LogP contribution is 2.27. The van der Waals surface area contributed by atoms with Gasteiger partial charge in [-0.25, -0.2) is 0 Å². The molecule has 6 nitrogen and oxygen atoms in total. The lowest BCUT2D eigenvalue weighted by molar-refractivity contribution is -0.384. The normalized spacial score (nSPS) is 14.0. The molecule has 2 N–H and O–H groups in total. The van der Waals surface area contributed by atoms with Gasteiger partial charge < -0.3 is 10.6 Å². The summed E-state index contributed by atoms with van der Waals surface area (Å²) >= 11 is 0. The predicted molar refractivity (Wildman–Crippen MR) is 67.3 cm³/mol. The number of anilines is 1. The molecular weight excluding hydrogens is 234 g/mol. The lowest BCUT2D eigenvalue weighted by Gasteiger charge is -2.06. The summed E-state index contributed by atoms with van der Waals surface area (Å²) in [6.45, 7) is 0.936. The number of non-ortho nitro benzene ring substituents is 1. The molecule has 0 unspecified atom stereocenters. The number of nitrogens with one attached hydrogen (secondary N) is 2. The Labute approximate surface area is 105 Å². The van der Waals surface area contributed by atoms with Gasteiger partial charge in [-0.1, -0.05) is 0 Å². The summed E-state index contributed by atoms with van der Waals surface area (Å²) in [6, 6.07) is 5.99. The number of nitrogens with zero attached hydrogens (tertiary/aromatic N) is 1. The standard InChI is InChI=1S/C12H15N3O3/c16-12(14-7-9-1-2-9)8-13-10-3-5-11(6-4-10)15(17)18/h3-6,9,13H,1-2,7-8H2,(H,14,16). The number of rotatable bonds is 6. The van der Waals surface area contributed by atoms with Crippen LogP contribution in [0.2, 0.25) is 0 Å². The number of carbonyl (C=O) groups is 1. The molecule has 0 saturated heterocycles. The van der Waals surface area contributed by atoms with Gasteiger partial charge in [-0.15, -0.1) is 0 Å². The molecule has 1 amide bonds. The Morgan fingerprint density at radius 3 is 2.56 bits per heavy atom. The summed E-state index contributed by atoms with van der Waals surface area (Å²) in [5.74, 6) is 0.605. The lowest BCUT2D eigenvalue weighted by Crippen LogP contribution is -2.31. The van der Waals surface area contributed by atoms with Crippen LogP contribution in [0.3, 0.4) is 0 Å². The van der Waals surface area contributed by atoms with Gasteiger partial charge in [0.1, 0.15) is 0 Å². The molecule has 1 aliphatic carbocycles. The van der Waals surface area contributed by atoms with E-state index in [0.717, 1.165) is 6.54 Å². The maximum atomic E-state index is 11.4. The summed E-state index contributed by atoms with van der Waals surface area (Å²) < 4.78 is 0. The maximum absolute atomic E-state index is 11.4. The lowest BCUT2D eigenvalue weighted by atomic mass is 10.3. The number of hydrogen-bond acceptors (Lipinski definition) is 4. The second-order valence-corrected chi connectivity index (χ2v) is 4.40. The van der Waals surface area contributed by atoms with E-state index < -0.39 is 4.92 Å². The fraction of sp³-hybridized carbons (Fsp3) is 0.417. The maximum Gasteiger partial charge on any atom is 0.269 e. The Morgan fingerprint density at radius 1 is 1.33 bits per heavy atom. The largest absolute Gasteiger partial charge is 0.376 e. The molecule has 0 aliphatic heterocycles. The molecule has 0 spiro atoms. The van der Waals surface area contributed by atoms with Gasteiger partial charge in [0.15, 0.2) is 0 Å². The molecule has 0 heterocycles. The number of hydrogen-bond donors (Lipinski definition) is 2. The van der Waals surface area contributed by atoms with Gasteiger partial charge in [-0.2, -0.15) is 0 Å². The van der Waals surface area contributed by atoms with Crippen LogP contribution in [0.4, 0.5) is 11.4 Å². The van der Waals surface area contributed by atoms with E-state index in [2.05, 4.69) is 10.6 Å². The number of carbonyl (C=O) groups excluding carboxylic acids is 1. The molecule has 96 valence electrons. The van der Waals surface area contributed by atoms with E-state index in [4.69, 9.17) is 0 Å². The van der Waals surface area contributed by atoms with Crippen molar-refractivity contribution in [2.75, 3.05) is 18.4 Å². The van der Waals surface area contributed by atoms with Crippen molar-refractivity contribution in [2.24, 2.45) is 5.92 Å². The third-order valence-corrected chi connectivity index (χ3v) is 2.82. The van der Waals surface area contributed by atoms with Gasteiger partial charge in [0.25, 0.3) is 5.69 Å². The van der Waals surface area contributed by atoms with Crippen LogP contribution in [-0.4, -0.2) is 23.9 Å². The average Bonchev–Trinajstić information content (AvgIpc) is 3.18. The zero-order valence-corrected chi connectivity index (χ0v) is 9.89. The summed E-state index contributed by atoms with van der Waals surface area (Å²) in [5.41, 5.74) is 0.737. The van der Waals surface area contributed by atoms with Crippen LogP contribution >= 0.6 is 0 Å². The smallest absolute Gasteiger partial charge is 0.269 e. The zero-order chi connectivity index (χ0) is 13.0. The van der Waals surface area contributed by atoms with Crippen molar-refractivity contribution in [3.8, 4) is 0 Å². The zero-order valence-electron chi connectivity index (χ0n) is 9.89. The Bertz CT molecular complexity index is 440. The molecule has 18 heavy (non-hydrogen) atoms. The summed E-state index contributed by atoms with van der Waals surface area (Å²) in [6.07, 6.45) is 2.41. The topological polar surface area (TPSA) is 84.3 Å². The van der Waals surface area contributed by atoms with Crippen molar-refractivity contribution in [1.29, 1.82) is 0 Å². The molecule has 0 bridgehead atoms. The summed E-state index contributed by atoms with van der Waals surface area (Å²) in [7, 11) is 0. The summed E-state index contributed by atoms with van der Waals surface area (Å²) in [4.78, 5) is 21.4. The molecular formula is C12H15N3O3. The van der Waals surface area contributed by atoms with E-state index in [0.29, 0.717) is 11.6 Å². The highest BCUT2D eigenvalue weighted by atomic mass is 16.6. The molecule has 1 saturated carbocycles. The Kier molecular flexibility index (Phi) is 3.76. The van der Waals surface area contributed by atoms with Crippen molar-refractivity contribution in [3.63, 3.8) is 0 Å². The van der Waals surface area contributed by atoms with Crippen molar-refractivity contribution < 1.29 is 9.72 Å². The molecule has 0 atom stereocenters. The molecule has 0 radical (unpaired) electrons. The van der Waals surface area contributed by atoms with E-state index in [-0.39, 0.29) is 18.1 Å². The van der Waals surface area contributed by atoms with E-state index >= 15 is 0 Å². The van der Waals surface area contributed by atoms with E-state index in [1.165, 1.54) is 25.0 Å². The molecule has 1 aliphatic rings. The van der Waals surface area contributed by atoms with Gasteiger partial charge in [-0.3, -0.25) is 14.9 Å². The van der Waals surface area contributed by atoms with Crippen LogP contribution in [0.25, 0.3) is 0 Å². The Balaban J connectivity index is 1.74. The second kappa shape index (κ2) is 5.48. The highest BCUT2D eigenvalue weighted by Gasteiger charge is 2.21. The highest BCUT2D eigenvalue weighted by molar-refractivity contribution is 5.80. The Hall–Kier alpha value is -2.11. The van der Waals surface area contributed by atoms with Gasteiger partial charge in [0.05, 0.1) is 11.5 Å². The van der Waals surface area contributed by atoms with Crippen LogP contribution in [0.5, 0.6) is 0 Å². The number of nitro benzene ring substituents is 1. The van der Waals surface area contributed by atoms with Gasteiger partial charge in [0, 0.05) is 24.4 Å². The van der Waals surface area contributed by atoms with Gasteiger partial charge >= 0.3 is 0 Å². The fourth-order valence-electron chi connectivity index (χ4n) is 1.53. The van der Waals surface area contributed by atoms with E-state index in [1.807, 2.05) is 0 Å². The molecule has 0 aromatic heterocycles. The number of benzene rings is 1. The van der Waals surface area contributed by atoms with E-state index in [9.17, 15) is 14.9 Å². The molecule has 2 rings (SSSR count). The van der Waals surface area contributed by atoms with Crippen LogP contribution in [0, 0.1) is 16.0 Å². The second-order valence-electron chi connectivity index (χ2n) is 4.40.